The number of anilines is 1. The number of para-hydroxylation sites is 1. The number of methoxy groups -OCH3 is 1. The number of hydrogen-bond donors (Lipinski definition) is 2. The van der Waals surface area contributed by atoms with E-state index in [9.17, 15) is 14.4 Å². The van der Waals surface area contributed by atoms with Gasteiger partial charge in [0.25, 0.3) is 5.91 Å². The van der Waals surface area contributed by atoms with Crippen LogP contribution in [0.15, 0.2) is 30.3 Å². The molecule has 1 aromatic carbocycles. The summed E-state index contributed by atoms with van der Waals surface area (Å²) in [6.07, 6.45) is 3.93. The number of aryl methyl sites for hydroxylation is 1. The molecule has 1 fully saturated rings. The molecule has 5 rings (SSSR count). The maximum absolute atomic E-state index is 12.9. The second kappa shape index (κ2) is 9.60. The Labute approximate surface area is 201 Å². The van der Waals surface area contributed by atoms with Gasteiger partial charge in [0.15, 0.2) is 0 Å². The molecule has 0 atom stereocenters. The van der Waals surface area contributed by atoms with E-state index >= 15 is 0 Å². The first kappa shape index (κ1) is 22.6. The standard InChI is InChI=1S/C25H28N4O4S/c1-33-25(32)22-17-7-3-5-9-20(17)34-23(22)27-21(30)15-28-10-12-29(13-11-28)24(31)19-14-16-6-2-4-8-18(16)26-19/h2,4,6,8,14,26H,3,5,7,9-13,15H2,1H3,(H,27,30). The number of aromatic amines is 1. The molecule has 2 aliphatic rings. The third kappa shape index (κ3) is 4.45. The van der Waals surface area contributed by atoms with E-state index in [1.54, 1.807) is 0 Å². The number of carbonyl (C=O) groups excluding carboxylic acids is 3. The first-order valence-corrected chi connectivity index (χ1v) is 12.5. The van der Waals surface area contributed by atoms with Crippen LogP contribution in [-0.4, -0.2) is 72.4 Å². The quantitative estimate of drug-likeness (QED) is 0.547. The molecule has 178 valence electrons. The van der Waals surface area contributed by atoms with Gasteiger partial charge >= 0.3 is 5.97 Å². The molecule has 0 radical (unpaired) electrons. The summed E-state index contributed by atoms with van der Waals surface area (Å²) in [5.74, 6) is -0.565. The highest BCUT2D eigenvalue weighted by Gasteiger charge is 2.28. The molecule has 3 aromatic rings. The highest BCUT2D eigenvalue weighted by molar-refractivity contribution is 7.17. The highest BCUT2D eigenvalue weighted by Crippen LogP contribution is 2.38. The predicted molar refractivity (Wildman–Crippen MR) is 132 cm³/mol. The smallest absolute Gasteiger partial charge is 0.341 e. The van der Waals surface area contributed by atoms with Crippen LogP contribution < -0.4 is 5.32 Å². The van der Waals surface area contributed by atoms with E-state index in [4.69, 9.17) is 4.74 Å². The third-order valence-electron chi connectivity index (χ3n) is 6.60. The summed E-state index contributed by atoms with van der Waals surface area (Å²) in [5.41, 5.74) is 3.08. The van der Waals surface area contributed by atoms with Crippen molar-refractivity contribution in [2.45, 2.75) is 25.7 Å². The SMILES string of the molecule is COC(=O)c1c(NC(=O)CN2CCN(C(=O)c3cc4ccccc4[nH]3)CC2)sc2c1CCCC2. The molecule has 0 unspecified atom stereocenters. The summed E-state index contributed by atoms with van der Waals surface area (Å²) in [4.78, 5) is 46.4. The zero-order valence-electron chi connectivity index (χ0n) is 19.2. The minimum atomic E-state index is -0.390. The lowest BCUT2D eigenvalue weighted by Gasteiger charge is -2.34. The third-order valence-corrected chi connectivity index (χ3v) is 7.81. The van der Waals surface area contributed by atoms with E-state index in [0.29, 0.717) is 42.4 Å². The average molecular weight is 481 g/mol. The van der Waals surface area contributed by atoms with E-state index in [2.05, 4.69) is 10.3 Å². The minimum absolute atomic E-state index is 0.0211. The summed E-state index contributed by atoms with van der Waals surface area (Å²) in [6, 6.07) is 9.72. The number of carbonyl (C=O) groups is 3. The zero-order chi connectivity index (χ0) is 23.7. The summed E-state index contributed by atoms with van der Waals surface area (Å²) >= 11 is 1.49. The number of ether oxygens (including phenoxy) is 1. The van der Waals surface area contributed by atoms with E-state index in [1.807, 2.05) is 40.1 Å². The lowest BCUT2D eigenvalue weighted by atomic mass is 9.95. The highest BCUT2D eigenvalue weighted by atomic mass is 32.1. The van der Waals surface area contributed by atoms with E-state index in [0.717, 1.165) is 42.1 Å². The van der Waals surface area contributed by atoms with Gasteiger partial charge in [0.1, 0.15) is 10.7 Å². The van der Waals surface area contributed by atoms with E-state index in [1.165, 1.54) is 23.3 Å². The number of hydrogen-bond acceptors (Lipinski definition) is 6. The van der Waals surface area contributed by atoms with Gasteiger partial charge in [-0.3, -0.25) is 14.5 Å². The number of nitrogens with one attached hydrogen (secondary N) is 2. The van der Waals surface area contributed by atoms with E-state index in [-0.39, 0.29) is 24.3 Å². The molecular formula is C25H28N4O4S. The van der Waals surface area contributed by atoms with Crippen LogP contribution >= 0.6 is 11.3 Å². The summed E-state index contributed by atoms with van der Waals surface area (Å²) in [5, 5.41) is 4.57. The predicted octanol–water partition coefficient (Wildman–Crippen LogP) is 3.29. The Kier molecular flexibility index (Phi) is 6.38. The fourth-order valence-corrected chi connectivity index (χ4v) is 6.10. The Morgan fingerprint density at radius 2 is 1.85 bits per heavy atom. The Morgan fingerprint density at radius 1 is 1.09 bits per heavy atom. The number of thiophene rings is 1. The monoisotopic (exact) mass is 480 g/mol. The van der Waals surface area contributed by atoms with Crippen LogP contribution in [0.1, 0.15) is 44.1 Å². The van der Waals surface area contributed by atoms with Gasteiger partial charge < -0.3 is 19.9 Å². The van der Waals surface area contributed by atoms with Gasteiger partial charge in [0.05, 0.1) is 19.2 Å². The fraction of sp³-hybridized carbons (Fsp3) is 0.400. The van der Waals surface area contributed by atoms with Gasteiger partial charge in [-0.2, -0.15) is 0 Å². The molecule has 2 aromatic heterocycles. The van der Waals surface area contributed by atoms with Crippen molar-refractivity contribution >= 4 is 45.0 Å². The number of fused-ring (bicyclic) bond motifs is 2. The van der Waals surface area contributed by atoms with Gasteiger partial charge in [0, 0.05) is 42.0 Å². The van der Waals surface area contributed by atoms with E-state index < -0.39 is 0 Å². The van der Waals surface area contributed by atoms with Gasteiger partial charge in [-0.15, -0.1) is 11.3 Å². The normalized spacial score (nSPS) is 16.3. The van der Waals surface area contributed by atoms with Crippen LogP contribution in [-0.2, 0) is 22.4 Å². The Bertz CT molecular complexity index is 1210. The van der Waals surface area contributed by atoms with Crippen molar-refractivity contribution in [2.75, 3.05) is 45.2 Å². The van der Waals surface area contributed by atoms with Crippen LogP contribution in [0.4, 0.5) is 5.00 Å². The molecule has 9 heteroatoms. The molecule has 3 heterocycles. The first-order chi connectivity index (χ1) is 16.5. The largest absolute Gasteiger partial charge is 0.465 e. The molecule has 0 spiro atoms. The average Bonchev–Trinajstić information content (AvgIpc) is 3.44. The molecule has 1 saturated heterocycles. The molecule has 8 nitrogen and oxygen atoms in total. The van der Waals surface area contributed by atoms with Crippen LogP contribution in [0.25, 0.3) is 10.9 Å². The van der Waals surface area contributed by atoms with Crippen molar-refractivity contribution in [1.82, 2.24) is 14.8 Å². The fourth-order valence-electron chi connectivity index (χ4n) is 4.81. The first-order valence-electron chi connectivity index (χ1n) is 11.7. The van der Waals surface area contributed by atoms with Crippen molar-refractivity contribution in [1.29, 1.82) is 0 Å². The minimum Gasteiger partial charge on any atom is -0.465 e. The lowest BCUT2D eigenvalue weighted by Crippen LogP contribution is -2.50. The summed E-state index contributed by atoms with van der Waals surface area (Å²) in [7, 11) is 1.37. The second-order valence-corrected chi connectivity index (χ2v) is 9.90. The molecule has 0 saturated carbocycles. The molecule has 2 amide bonds. The van der Waals surface area contributed by atoms with Crippen LogP contribution in [0.3, 0.4) is 0 Å². The number of nitrogens with zero attached hydrogens (tertiary/aromatic N) is 2. The topological polar surface area (TPSA) is 94.7 Å². The summed E-state index contributed by atoms with van der Waals surface area (Å²) < 4.78 is 4.99. The zero-order valence-corrected chi connectivity index (χ0v) is 20.0. The van der Waals surface area contributed by atoms with Crippen molar-refractivity contribution < 1.29 is 19.1 Å². The number of piperazine rings is 1. The lowest BCUT2D eigenvalue weighted by molar-refractivity contribution is -0.117. The number of esters is 1. The number of rotatable bonds is 5. The molecular weight excluding hydrogens is 452 g/mol. The Hall–Kier alpha value is -3.17. The van der Waals surface area contributed by atoms with Crippen LogP contribution in [0.2, 0.25) is 0 Å². The number of H-pyrrole nitrogens is 1. The van der Waals surface area contributed by atoms with Crippen molar-refractivity contribution in [3.05, 3.63) is 52.0 Å². The molecule has 34 heavy (non-hydrogen) atoms. The summed E-state index contributed by atoms with van der Waals surface area (Å²) in [6.45, 7) is 2.57. The van der Waals surface area contributed by atoms with Crippen molar-refractivity contribution in [3.63, 3.8) is 0 Å². The van der Waals surface area contributed by atoms with Gasteiger partial charge in [0.2, 0.25) is 5.91 Å². The maximum Gasteiger partial charge on any atom is 0.341 e. The molecule has 0 bridgehead atoms. The van der Waals surface area contributed by atoms with Crippen LogP contribution in [0.5, 0.6) is 0 Å². The number of amides is 2. The second-order valence-electron chi connectivity index (χ2n) is 8.79. The van der Waals surface area contributed by atoms with Gasteiger partial charge in [-0.05, 0) is 43.4 Å². The van der Waals surface area contributed by atoms with Crippen molar-refractivity contribution in [3.8, 4) is 0 Å². The Morgan fingerprint density at radius 3 is 2.62 bits per heavy atom. The molecule has 1 aliphatic carbocycles. The maximum atomic E-state index is 12.9. The number of benzene rings is 1. The molecule has 2 N–H and O–H groups in total. The van der Waals surface area contributed by atoms with Gasteiger partial charge in [-0.25, -0.2) is 4.79 Å². The number of aromatic nitrogens is 1. The van der Waals surface area contributed by atoms with Gasteiger partial charge in [-0.1, -0.05) is 18.2 Å². The van der Waals surface area contributed by atoms with Crippen molar-refractivity contribution in [2.24, 2.45) is 0 Å². The van der Waals surface area contributed by atoms with Crippen LogP contribution in [0, 0.1) is 0 Å². The Balaban J connectivity index is 1.18. The molecule has 1 aliphatic heterocycles.